The predicted molar refractivity (Wildman–Crippen MR) is 89.3 cm³/mol. The number of nitrogens with zero attached hydrogens (tertiary/aromatic N) is 3. The Balaban J connectivity index is 1.88. The quantitative estimate of drug-likeness (QED) is 0.608. The predicted octanol–water partition coefficient (Wildman–Crippen LogP) is 5.15. The maximum absolute atomic E-state index is 13.1. The largest absolute Gasteiger partial charge is 0.233 e. The lowest BCUT2D eigenvalue weighted by Gasteiger charge is -2.15. The van der Waals surface area contributed by atoms with Crippen molar-refractivity contribution in [2.24, 2.45) is 0 Å². The molecule has 0 amide bonds. The molecule has 1 fully saturated rings. The molecule has 3 aromatic rings. The monoisotopic (exact) mass is 329 g/mol. The summed E-state index contributed by atoms with van der Waals surface area (Å²) in [7, 11) is 0. The first-order valence-corrected chi connectivity index (χ1v) is 8.32. The van der Waals surface area contributed by atoms with E-state index in [4.69, 9.17) is 16.6 Å². The zero-order valence-corrected chi connectivity index (χ0v) is 13.6. The highest BCUT2D eigenvalue weighted by molar-refractivity contribution is 6.30. The van der Waals surface area contributed by atoms with Crippen molar-refractivity contribution in [3.63, 3.8) is 0 Å². The summed E-state index contributed by atoms with van der Waals surface area (Å²) in [6, 6.07) is 6.37. The Kier molecular flexibility index (Phi) is 3.57. The van der Waals surface area contributed by atoms with Gasteiger partial charge in [-0.15, -0.1) is 0 Å². The standard InChI is InChI=1S/C18H17ClFN3/c1-11-16(13-4-2-3-5-13)17(19)23-18(22-11)15(10-21-23)12-6-8-14(20)9-7-12/h6-10,13H,2-5H2,1H3. The van der Waals surface area contributed by atoms with Crippen molar-refractivity contribution in [1.82, 2.24) is 14.6 Å². The van der Waals surface area contributed by atoms with E-state index in [1.807, 2.05) is 6.92 Å². The van der Waals surface area contributed by atoms with E-state index >= 15 is 0 Å². The van der Waals surface area contributed by atoms with Crippen molar-refractivity contribution in [2.75, 3.05) is 0 Å². The van der Waals surface area contributed by atoms with Gasteiger partial charge in [-0.2, -0.15) is 5.10 Å². The molecule has 3 nitrogen and oxygen atoms in total. The number of hydrogen-bond donors (Lipinski definition) is 0. The van der Waals surface area contributed by atoms with Gasteiger partial charge in [0.05, 0.1) is 6.20 Å². The zero-order valence-electron chi connectivity index (χ0n) is 12.9. The number of hydrogen-bond acceptors (Lipinski definition) is 2. The molecule has 0 atom stereocenters. The lowest BCUT2D eigenvalue weighted by Crippen LogP contribution is -2.05. The molecule has 0 radical (unpaired) electrons. The van der Waals surface area contributed by atoms with Gasteiger partial charge in [0.25, 0.3) is 0 Å². The molecule has 0 saturated heterocycles. The number of aromatic nitrogens is 3. The summed E-state index contributed by atoms with van der Waals surface area (Å²) in [5.74, 6) is 0.230. The Bertz CT molecular complexity index is 864. The van der Waals surface area contributed by atoms with Crippen LogP contribution in [0.25, 0.3) is 16.8 Å². The molecule has 1 aliphatic carbocycles. The highest BCUT2D eigenvalue weighted by Crippen LogP contribution is 2.39. The van der Waals surface area contributed by atoms with Gasteiger partial charge in [0.1, 0.15) is 11.0 Å². The van der Waals surface area contributed by atoms with Crippen LogP contribution in [0.4, 0.5) is 4.39 Å². The van der Waals surface area contributed by atoms with Gasteiger partial charge in [-0.1, -0.05) is 36.6 Å². The molecule has 0 unspecified atom stereocenters. The molecular weight excluding hydrogens is 313 g/mol. The van der Waals surface area contributed by atoms with E-state index in [1.165, 1.54) is 37.8 Å². The van der Waals surface area contributed by atoms with Crippen molar-refractivity contribution in [2.45, 2.75) is 38.5 Å². The maximum Gasteiger partial charge on any atom is 0.164 e. The van der Waals surface area contributed by atoms with Gasteiger partial charge in [-0.05, 0) is 43.4 Å². The summed E-state index contributed by atoms with van der Waals surface area (Å²) < 4.78 is 14.8. The Labute approximate surface area is 139 Å². The van der Waals surface area contributed by atoms with Crippen LogP contribution < -0.4 is 0 Å². The van der Waals surface area contributed by atoms with Crippen molar-refractivity contribution < 1.29 is 4.39 Å². The average molecular weight is 330 g/mol. The fourth-order valence-electron chi connectivity index (χ4n) is 3.59. The molecule has 23 heavy (non-hydrogen) atoms. The van der Waals surface area contributed by atoms with Gasteiger partial charge in [0, 0.05) is 16.8 Å². The van der Waals surface area contributed by atoms with Crippen LogP contribution in [0.5, 0.6) is 0 Å². The van der Waals surface area contributed by atoms with Crippen molar-refractivity contribution in [3.8, 4) is 11.1 Å². The first kappa shape index (κ1) is 14.6. The van der Waals surface area contributed by atoms with E-state index in [-0.39, 0.29) is 5.82 Å². The third-order valence-corrected chi connectivity index (χ3v) is 5.10. The fraction of sp³-hybridized carbons (Fsp3) is 0.333. The summed E-state index contributed by atoms with van der Waals surface area (Å²) in [6.07, 6.45) is 6.58. The summed E-state index contributed by atoms with van der Waals surface area (Å²) >= 11 is 6.65. The molecule has 0 aliphatic heterocycles. The number of fused-ring (bicyclic) bond motifs is 1. The normalized spacial score (nSPS) is 15.6. The topological polar surface area (TPSA) is 30.2 Å². The van der Waals surface area contributed by atoms with E-state index in [2.05, 4.69) is 5.10 Å². The van der Waals surface area contributed by atoms with Crippen LogP contribution in [0.1, 0.15) is 42.9 Å². The molecule has 1 saturated carbocycles. The molecule has 2 heterocycles. The average Bonchev–Trinajstić information content (AvgIpc) is 3.18. The molecule has 2 aromatic heterocycles. The van der Waals surface area contributed by atoms with E-state index < -0.39 is 0 Å². The van der Waals surface area contributed by atoms with Crippen LogP contribution in [-0.4, -0.2) is 14.6 Å². The Morgan fingerprint density at radius 3 is 2.57 bits per heavy atom. The summed E-state index contributed by atoms with van der Waals surface area (Å²) in [6.45, 7) is 2.01. The first-order valence-electron chi connectivity index (χ1n) is 7.95. The number of halogens is 2. The second kappa shape index (κ2) is 5.60. The number of benzene rings is 1. The van der Waals surface area contributed by atoms with Gasteiger partial charge in [0.2, 0.25) is 0 Å². The van der Waals surface area contributed by atoms with Crippen LogP contribution in [-0.2, 0) is 0 Å². The summed E-state index contributed by atoms with van der Waals surface area (Å²) in [4.78, 5) is 4.76. The van der Waals surface area contributed by atoms with E-state index in [0.29, 0.717) is 11.1 Å². The van der Waals surface area contributed by atoms with Crippen molar-refractivity contribution in [1.29, 1.82) is 0 Å². The van der Waals surface area contributed by atoms with Gasteiger partial charge in [-0.3, -0.25) is 0 Å². The molecular formula is C18H17ClFN3. The molecule has 118 valence electrons. The summed E-state index contributed by atoms with van der Waals surface area (Å²) in [5, 5.41) is 5.08. The SMILES string of the molecule is Cc1nc2c(-c3ccc(F)cc3)cnn2c(Cl)c1C1CCCC1. The van der Waals surface area contributed by atoms with Crippen molar-refractivity contribution >= 4 is 17.2 Å². The van der Waals surface area contributed by atoms with Gasteiger partial charge >= 0.3 is 0 Å². The van der Waals surface area contributed by atoms with E-state index in [0.717, 1.165) is 28.0 Å². The van der Waals surface area contributed by atoms with Gasteiger partial charge in [0.15, 0.2) is 5.65 Å². The van der Waals surface area contributed by atoms with Crippen LogP contribution in [0.3, 0.4) is 0 Å². The minimum Gasteiger partial charge on any atom is -0.233 e. The fourth-order valence-corrected chi connectivity index (χ4v) is 4.00. The zero-order chi connectivity index (χ0) is 16.0. The van der Waals surface area contributed by atoms with Crippen molar-refractivity contribution in [3.05, 3.63) is 52.7 Å². The molecule has 1 aromatic carbocycles. The first-order chi connectivity index (χ1) is 11.1. The molecule has 5 heteroatoms. The second-order valence-electron chi connectivity index (χ2n) is 6.18. The van der Waals surface area contributed by atoms with Crippen LogP contribution in [0.2, 0.25) is 5.15 Å². The summed E-state index contributed by atoms with van der Waals surface area (Å²) in [5.41, 5.74) is 4.58. The third-order valence-electron chi connectivity index (χ3n) is 4.73. The van der Waals surface area contributed by atoms with Crippen LogP contribution >= 0.6 is 11.6 Å². The molecule has 0 spiro atoms. The molecule has 0 bridgehead atoms. The highest BCUT2D eigenvalue weighted by atomic mass is 35.5. The molecule has 0 N–H and O–H groups in total. The highest BCUT2D eigenvalue weighted by Gasteiger charge is 2.25. The van der Waals surface area contributed by atoms with Crippen LogP contribution in [0, 0.1) is 12.7 Å². The lowest BCUT2D eigenvalue weighted by molar-refractivity contribution is 0.628. The maximum atomic E-state index is 13.1. The van der Waals surface area contributed by atoms with E-state index in [9.17, 15) is 4.39 Å². The molecule has 4 rings (SSSR count). The Morgan fingerprint density at radius 1 is 1.17 bits per heavy atom. The smallest absolute Gasteiger partial charge is 0.164 e. The molecule has 1 aliphatic rings. The van der Waals surface area contributed by atoms with Gasteiger partial charge in [-0.25, -0.2) is 13.9 Å². The van der Waals surface area contributed by atoms with Gasteiger partial charge < -0.3 is 0 Å². The lowest BCUT2D eigenvalue weighted by atomic mass is 9.98. The van der Waals surface area contributed by atoms with E-state index in [1.54, 1.807) is 22.8 Å². The number of rotatable bonds is 2. The minimum atomic E-state index is -0.254. The second-order valence-corrected chi connectivity index (χ2v) is 6.54. The number of aryl methyl sites for hydroxylation is 1. The Morgan fingerprint density at radius 2 is 1.87 bits per heavy atom. The minimum absolute atomic E-state index is 0.254. The Hall–Kier alpha value is -1.94. The third kappa shape index (κ3) is 2.41. The van der Waals surface area contributed by atoms with Crippen LogP contribution in [0.15, 0.2) is 30.5 Å².